The number of rotatable bonds is 5. The van der Waals surface area contributed by atoms with Crippen molar-refractivity contribution in [2.75, 3.05) is 13.1 Å². The number of nitrogens with one attached hydrogen (secondary N) is 1. The number of nitro benzene ring substituents is 2. The van der Waals surface area contributed by atoms with Crippen LogP contribution in [-0.2, 0) is 10.0 Å². The fourth-order valence-corrected chi connectivity index (χ4v) is 4.58. The van der Waals surface area contributed by atoms with E-state index in [2.05, 4.69) is 4.72 Å². The quantitative estimate of drug-likeness (QED) is 0.551. The molecule has 0 spiro atoms. The highest BCUT2D eigenvalue weighted by Crippen LogP contribution is 2.46. The number of sulfonamides is 1. The third kappa shape index (κ3) is 2.98. The Morgan fingerprint density at radius 3 is 2.28 bits per heavy atom. The second-order valence-corrected chi connectivity index (χ2v) is 7.51. The maximum absolute atomic E-state index is 12.4. The summed E-state index contributed by atoms with van der Waals surface area (Å²) in [6.45, 7) is 0.380. The molecule has 2 aliphatic rings. The van der Waals surface area contributed by atoms with Crippen LogP contribution in [0.4, 0.5) is 16.2 Å². The molecule has 1 heterocycles. The number of non-ortho nitro benzene ring substituents is 1. The number of carboxylic acid groups (broad SMARTS) is 1. The summed E-state index contributed by atoms with van der Waals surface area (Å²) in [5.41, 5.74) is -1.48. The summed E-state index contributed by atoms with van der Waals surface area (Å²) in [7, 11) is -4.28. The Balaban J connectivity index is 1.81. The van der Waals surface area contributed by atoms with Gasteiger partial charge in [-0.2, -0.15) is 0 Å². The van der Waals surface area contributed by atoms with E-state index in [1.54, 1.807) is 0 Å². The van der Waals surface area contributed by atoms with Gasteiger partial charge in [0.15, 0.2) is 4.90 Å². The average molecular weight is 372 g/mol. The van der Waals surface area contributed by atoms with Crippen molar-refractivity contribution in [2.45, 2.75) is 10.9 Å². The van der Waals surface area contributed by atoms with Crippen molar-refractivity contribution in [2.24, 2.45) is 11.8 Å². The Morgan fingerprint density at radius 2 is 1.80 bits per heavy atom. The molecule has 13 heteroatoms. The van der Waals surface area contributed by atoms with Gasteiger partial charge in [0.25, 0.3) is 11.4 Å². The number of hydrogen-bond donors (Lipinski definition) is 2. The van der Waals surface area contributed by atoms with Crippen LogP contribution >= 0.6 is 0 Å². The van der Waals surface area contributed by atoms with E-state index in [0.717, 1.165) is 12.1 Å². The molecule has 25 heavy (non-hydrogen) atoms. The lowest BCUT2D eigenvalue weighted by Gasteiger charge is -2.16. The third-order valence-electron chi connectivity index (χ3n) is 4.40. The number of nitro groups is 2. The van der Waals surface area contributed by atoms with E-state index >= 15 is 0 Å². The van der Waals surface area contributed by atoms with Gasteiger partial charge in [0.2, 0.25) is 10.0 Å². The van der Waals surface area contributed by atoms with Gasteiger partial charge in [-0.3, -0.25) is 20.2 Å². The Hall–Kier alpha value is -2.80. The predicted molar refractivity (Wildman–Crippen MR) is 80.4 cm³/mol. The molecule has 134 valence electrons. The number of benzene rings is 1. The lowest BCUT2D eigenvalue weighted by atomic mass is 10.3. The number of amides is 1. The first-order chi connectivity index (χ1) is 11.6. The summed E-state index contributed by atoms with van der Waals surface area (Å²) in [5.74, 6) is -0.356. The Morgan fingerprint density at radius 1 is 1.20 bits per heavy atom. The van der Waals surface area contributed by atoms with Gasteiger partial charge < -0.3 is 10.0 Å². The van der Waals surface area contributed by atoms with Gasteiger partial charge in [-0.05, 0) is 17.9 Å². The van der Waals surface area contributed by atoms with Crippen molar-refractivity contribution in [3.05, 3.63) is 38.4 Å². The van der Waals surface area contributed by atoms with Crippen LogP contribution < -0.4 is 4.72 Å². The lowest BCUT2D eigenvalue weighted by Crippen LogP contribution is -2.36. The van der Waals surface area contributed by atoms with Crippen molar-refractivity contribution in [3.8, 4) is 0 Å². The minimum Gasteiger partial charge on any atom is -0.465 e. The number of carbonyl (C=O) groups is 1. The van der Waals surface area contributed by atoms with Gasteiger partial charge in [-0.1, -0.05) is 0 Å². The molecule has 0 aromatic heterocycles. The SMILES string of the molecule is O=C(O)N1C[C@@H]2C(NS(=O)(=O)c3ccc([N+](=O)[O-])cc3[N+](=O)[O-])[C@@H]2C1. The molecule has 1 aliphatic carbocycles. The molecule has 0 bridgehead atoms. The number of piperidine rings is 1. The van der Waals surface area contributed by atoms with E-state index in [-0.39, 0.29) is 24.9 Å². The van der Waals surface area contributed by atoms with E-state index in [4.69, 9.17) is 5.11 Å². The monoisotopic (exact) mass is 372 g/mol. The van der Waals surface area contributed by atoms with Gasteiger partial charge in [0.1, 0.15) is 0 Å². The largest absolute Gasteiger partial charge is 0.465 e. The molecule has 3 atom stereocenters. The zero-order valence-electron chi connectivity index (χ0n) is 12.4. The molecule has 2 N–H and O–H groups in total. The smallest absolute Gasteiger partial charge is 0.407 e. The van der Waals surface area contributed by atoms with E-state index in [1.165, 1.54) is 4.90 Å². The molecule has 12 nitrogen and oxygen atoms in total. The Kier molecular flexibility index (Phi) is 3.84. The minimum atomic E-state index is -4.28. The molecule has 1 saturated heterocycles. The maximum Gasteiger partial charge on any atom is 0.407 e. The van der Waals surface area contributed by atoms with Crippen molar-refractivity contribution in [3.63, 3.8) is 0 Å². The van der Waals surface area contributed by atoms with Crippen molar-refractivity contribution in [1.82, 2.24) is 9.62 Å². The summed E-state index contributed by atoms with van der Waals surface area (Å²) in [4.78, 5) is 31.3. The van der Waals surface area contributed by atoms with Crippen LogP contribution in [0.25, 0.3) is 0 Å². The summed E-state index contributed by atoms with van der Waals surface area (Å²) in [6.07, 6.45) is -1.08. The van der Waals surface area contributed by atoms with Gasteiger partial charge in [-0.15, -0.1) is 0 Å². The fraction of sp³-hybridized carbons (Fsp3) is 0.417. The van der Waals surface area contributed by atoms with E-state index < -0.39 is 48.3 Å². The molecule has 2 fully saturated rings. The van der Waals surface area contributed by atoms with Gasteiger partial charge in [0, 0.05) is 25.2 Å². The molecule has 0 radical (unpaired) electrons. The summed E-state index contributed by atoms with van der Waals surface area (Å²) in [5, 5.41) is 30.7. The molecule has 1 amide bonds. The van der Waals surface area contributed by atoms with E-state index in [1.807, 2.05) is 0 Å². The minimum absolute atomic E-state index is 0.178. The fourth-order valence-electron chi connectivity index (χ4n) is 3.09. The zero-order chi connectivity index (χ0) is 18.5. The van der Waals surface area contributed by atoms with Crippen molar-refractivity contribution < 1.29 is 28.2 Å². The summed E-state index contributed by atoms with van der Waals surface area (Å²) in [6, 6.07) is 1.78. The third-order valence-corrected chi connectivity index (χ3v) is 5.90. The highest BCUT2D eigenvalue weighted by Gasteiger charge is 2.58. The standard InChI is InChI=1S/C12H12N4O8S/c17-12(18)14-4-7-8(5-14)11(7)13-25(23,24)10-2-1-6(15(19)20)3-9(10)16(21)22/h1-3,7-8,11,13H,4-5H2,(H,17,18)/t7-,8+,11?. The summed E-state index contributed by atoms with van der Waals surface area (Å²) >= 11 is 0. The Labute approximate surface area is 140 Å². The highest BCUT2D eigenvalue weighted by molar-refractivity contribution is 7.89. The maximum atomic E-state index is 12.4. The Bertz CT molecular complexity index is 873. The van der Waals surface area contributed by atoms with Crippen LogP contribution in [-0.4, -0.2) is 53.5 Å². The normalized spacial score (nSPS) is 24.6. The first-order valence-electron chi connectivity index (χ1n) is 7.05. The molecular weight excluding hydrogens is 360 g/mol. The first kappa shape index (κ1) is 17.0. The number of hydrogen-bond acceptors (Lipinski definition) is 7. The van der Waals surface area contributed by atoms with Crippen molar-refractivity contribution in [1.29, 1.82) is 0 Å². The van der Waals surface area contributed by atoms with Crippen molar-refractivity contribution >= 4 is 27.5 Å². The average Bonchev–Trinajstić information content (AvgIpc) is 2.96. The number of nitrogens with zero attached hydrogens (tertiary/aromatic N) is 3. The van der Waals surface area contributed by atoms with Crippen LogP contribution in [0.15, 0.2) is 23.1 Å². The molecule has 1 aromatic carbocycles. The zero-order valence-corrected chi connectivity index (χ0v) is 13.2. The van der Waals surface area contributed by atoms with Crippen LogP contribution in [0.5, 0.6) is 0 Å². The van der Waals surface area contributed by atoms with Gasteiger partial charge in [-0.25, -0.2) is 17.9 Å². The molecular formula is C12H12N4O8S. The molecule has 1 saturated carbocycles. The lowest BCUT2D eigenvalue weighted by molar-refractivity contribution is -0.396. The van der Waals surface area contributed by atoms with Crippen LogP contribution in [0.1, 0.15) is 0 Å². The summed E-state index contributed by atoms with van der Waals surface area (Å²) < 4.78 is 27.2. The molecule has 1 aliphatic heterocycles. The molecule has 1 aromatic rings. The predicted octanol–water partition coefficient (Wildman–Crippen LogP) is 0.390. The van der Waals surface area contributed by atoms with Crippen LogP contribution in [0, 0.1) is 32.1 Å². The number of fused-ring (bicyclic) bond motifs is 1. The second kappa shape index (κ2) is 5.63. The van der Waals surface area contributed by atoms with Gasteiger partial charge >= 0.3 is 6.09 Å². The molecule has 3 rings (SSSR count). The van der Waals surface area contributed by atoms with Crippen LogP contribution in [0.2, 0.25) is 0 Å². The van der Waals surface area contributed by atoms with Crippen LogP contribution in [0.3, 0.4) is 0 Å². The topological polar surface area (TPSA) is 173 Å². The van der Waals surface area contributed by atoms with Gasteiger partial charge in [0.05, 0.1) is 15.9 Å². The van der Waals surface area contributed by atoms with E-state index in [9.17, 15) is 33.4 Å². The van der Waals surface area contributed by atoms with E-state index in [0.29, 0.717) is 6.07 Å². The molecule has 1 unspecified atom stereocenters. The number of likely N-dealkylation sites (tertiary alicyclic amines) is 1. The first-order valence-corrected chi connectivity index (χ1v) is 8.53. The highest BCUT2D eigenvalue weighted by atomic mass is 32.2. The second-order valence-electron chi connectivity index (χ2n) is 5.83.